The fourth-order valence-corrected chi connectivity index (χ4v) is 5.12. The average molecular weight is 526 g/mol. The number of Topliss-reactive ketones (excluding diaryl/α,β-unsaturated/α-hetero) is 1. The maximum atomic E-state index is 14.0. The standard InChI is InChI=1S/C31H25F2N3O3/c32-24-9-18(10-25(33)14-24)8-23(13-27(38)12-21-5-4-19-6-7-26(37)15-28(19)21)30-29(16-35-17-36-30)20-2-1-3-22(11-20)31(34)39/h1-3,5-7,9-11,14-17,23,37H,4,8,12-13H2,(H2,34,39)/t23-/m1/s1. The second kappa shape index (κ2) is 10.9. The number of rotatable bonds is 9. The average Bonchev–Trinajstić information content (AvgIpc) is 3.29. The number of amides is 1. The van der Waals surface area contributed by atoms with Gasteiger partial charge in [-0.2, -0.15) is 0 Å². The summed E-state index contributed by atoms with van der Waals surface area (Å²) in [6.07, 6.45) is 5.94. The number of ketones is 1. The normalized spacial score (nSPS) is 13.0. The van der Waals surface area contributed by atoms with E-state index in [1.165, 1.54) is 18.5 Å². The molecule has 0 saturated heterocycles. The number of carbonyl (C=O) groups is 2. The third kappa shape index (κ3) is 5.90. The van der Waals surface area contributed by atoms with E-state index in [0.29, 0.717) is 34.4 Å². The van der Waals surface area contributed by atoms with E-state index < -0.39 is 23.5 Å². The van der Waals surface area contributed by atoms with Gasteiger partial charge in [-0.1, -0.05) is 24.3 Å². The summed E-state index contributed by atoms with van der Waals surface area (Å²) in [5.41, 5.74) is 10.6. The van der Waals surface area contributed by atoms with Gasteiger partial charge in [0.05, 0.1) is 5.69 Å². The van der Waals surface area contributed by atoms with E-state index in [1.807, 2.05) is 12.1 Å². The van der Waals surface area contributed by atoms with Gasteiger partial charge in [0.15, 0.2) is 0 Å². The Morgan fingerprint density at radius 3 is 2.56 bits per heavy atom. The molecule has 8 heteroatoms. The lowest BCUT2D eigenvalue weighted by Gasteiger charge is -2.20. The van der Waals surface area contributed by atoms with Crippen LogP contribution in [0, 0.1) is 11.6 Å². The van der Waals surface area contributed by atoms with Crippen LogP contribution in [-0.4, -0.2) is 26.8 Å². The summed E-state index contributed by atoms with van der Waals surface area (Å²) in [6, 6.07) is 15.1. The van der Waals surface area contributed by atoms with Gasteiger partial charge in [0, 0.05) is 42.1 Å². The van der Waals surface area contributed by atoms with Crippen molar-refractivity contribution >= 4 is 17.3 Å². The number of carbonyl (C=O) groups excluding carboxylic acids is 2. The van der Waals surface area contributed by atoms with E-state index in [0.717, 1.165) is 22.8 Å². The van der Waals surface area contributed by atoms with Crippen molar-refractivity contribution in [1.82, 2.24) is 9.97 Å². The van der Waals surface area contributed by atoms with Gasteiger partial charge in [-0.15, -0.1) is 0 Å². The number of phenolic OH excluding ortho intramolecular Hbond substituents is 1. The SMILES string of the molecule is NC(=O)c1cccc(-c2cncnc2[C@@H](CC(=O)CC2=CCc3ccc(O)cc32)Cc2cc(F)cc(F)c2)c1. The Morgan fingerprint density at radius 1 is 1.00 bits per heavy atom. The number of benzene rings is 3. The van der Waals surface area contributed by atoms with Crippen molar-refractivity contribution in [2.45, 2.75) is 31.6 Å². The van der Waals surface area contributed by atoms with E-state index >= 15 is 0 Å². The van der Waals surface area contributed by atoms with Crippen LogP contribution in [0.25, 0.3) is 16.7 Å². The Morgan fingerprint density at radius 2 is 1.79 bits per heavy atom. The molecule has 1 amide bonds. The zero-order valence-corrected chi connectivity index (χ0v) is 20.9. The van der Waals surface area contributed by atoms with Gasteiger partial charge >= 0.3 is 0 Å². The number of hydrogen-bond acceptors (Lipinski definition) is 5. The highest BCUT2D eigenvalue weighted by Gasteiger charge is 2.25. The zero-order chi connectivity index (χ0) is 27.5. The third-order valence-corrected chi connectivity index (χ3v) is 6.86. The largest absolute Gasteiger partial charge is 0.508 e. The molecule has 3 aromatic carbocycles. The van der Waals surface area contributed by atoms with Crippen LogP contribution < -0.4 is 5.73 Å². The first kappa shape index (κ1) is 25.9. The number of primary amides is 1. The van der Waals surface area contributed by atoms with Crippen LogP contribution in [0.2, 0.25) is 0 Å². The number of fused-ring (bicyclic) bond motifs is 1. The molecule has 6 nitrogen and oxygen atoms in total. The van der Waals surface area contributed by atoms with Crippen LogP contribution in [0.4, 0.5) is 8.78 Å². The minimum Gasteiger partial charge on any atom is -0.508 e. The molecule has 1 heterocycles. The molecule has 0 radical (unpaired) electrons. The van der Waals surface area contributed by atoms with Crippen LogP contribution >= 0.6 is 0 Å². The Labute approximate surface area is 223 Å². The molecule has 1 aliphatic rings. The summed E-state index contributed by atoms with van der Waals surface area (Å²) in [5.74, 6) is -2.51. The summed E-state index contributed by atoms with van der Waals surface area (Å²) in [5, 5.41) is 9.93. The second-order valence-corrected chi connectivity index (χ2v) is 9.64. The number of halogens is 2. The van der Waals surface area contributed by atoms with Gasteiger partial charge in [-0.3, -0.25) is 9.59 Å². The molecule has 0 saturated carbocycles. The minimum atomic E-state index is -0.709. The first-order chi connectivity index (χ1) is 18.8. The van der Waals surface area contributed by atoms with Crippen molar-refractivity contribution in [3.05, 3.63) is 119 Å². The van der Waals surface area contributed by atoms with E-state index in [-0.39, 0.29) is 30.8 Å². The topological polar surface area (TPSA) is 106 Å². The highest BCUT2D eigenvalue weighted by atomic mass is 19.1. The molecule has 1 aliphatic carbocycles. The van der Waals surface area contributed by atoms with Crippen molar-refractivity contribution in [3.8, 4) is 16.9 Å². The van der Waals surface area contributed by atoms with Gasteiger partial charge in [0.25, 0.3) is 0 Å². The molecular formula is C31H25F2N3O3. The molecule has 1 aromatic heterocycles. The quantitative estimate of drug-likeness (QED) is 0.298. The summed E-state index contributed by atoms with van der Waals surface area (Å²) in [7, 11) is 0. The van der Waals surface area contributed by atoms with Crippen LogP contribution in [0.3, 0.4) is 0 Å². The number of aromatic nitrogens is 2. The van der Waals surface area contributed by atoms with Gasteiger partial charge in [0.2, 0.25) is 5.91 Å². The molecule has 5 rings (SSSR count). The van der Waals surface area contributed by atoms with Crippen LogP contribution in [0.1, 0.15) is 51.5 Å². The molecule has 196 valence electrons. The smallest absolute Gasteiger partial charge is 0.248 e. The molecule has 0 bridgehead atoms. The predicted octanol–water partition coefficient (Wildman–Crippen LogP) is 5.54. The van der Waals surface area contributed by atoms with Gasteiger partial charge < -0.3 is 10.8 Å². The first-order valence-corrected chi connectivity index (χ1v) is 12.4. The lowest BCUT2D eigenvalue weighted by Crippen LogP contribution is -2.14. The number of allylic oxidation sites excluding steroid dienone is 2. The molecule has 0 spiro atoms. The maximum absolute atomic E-state index is 14.0. The van der Waals surface area contributed by atoms with Crippen molar-refractivity contribution < 1.29 is 23.5 Å². The summed E-state index contributed by atoms with van der Waals surface area (Å²) >= 11 is 0. The number of hydrogen-bond donors (Lipinski definition) is 2. The fourth-order valence-electron chi connectivity index (χ4n) is 5.12. The van der Waals surface area contributed by atoms with E-state index in [1.54, 1.807) is 42.6 Å². The summed E-state index contributed by atoms with van der Waals surface area (Å²) in [6.45, 7) is 0. The fraction of sp³-hybridized carbons (Fsp3) is 0.161. The molecule has 39 heavy (non-hydrogen) atoms. The van der Waals surface area contributed by atoms with E-state index in [2.05, 4.69) is 9.97 Å². The molecule has 0 unspecified atom stereocenters. The molecule has 0 fully saturated rings. The van der Waals surface area contributed by atoms with Crippen LogP contribution in [-0.2, 0) is 17.6 Å². The highest BCUT2D eigenvalue weighted by molar-refractivity contribution is 5.94. The Balaban J connectivity index is 1.49. The minimum absolute atomic E-state index is 0.0448. The molecule has 0 aliphatic heterocycles. The number of nitrogens with zero attached hydrogens (tertiary/aromatic N) is 2. The molecule has 3 N–H and O–H groups in total. The maximum Gasteiger partial charge on any atom is 0.248 e. The van der Waals surface area contributed by atoms with Crippen molar-refractivity contribution in [3.63, 3.8) is 0 Å². The van der Waals surface area contributed by atoms with Gasteiger partial charge in [-0.05, 0) is 77.1 Å². The number of phenols is 1. The van der Waals surface area contributed by atoms with E-state index in [9.17, 15) is 23.5 Å². The van der Waals surface area contributed by atoms with Gasteiger partial charge in [0.1, 0.15) is 29.5 Å². The summed E-state index contributed by atoms with van der Waals surface area (Å²) < 4.78 is 28.1. The van der Waals surface area contributed by atoms with E-state index in [4.69, 9.17) is 5.73 Å². The lowest BCUT2D eigenvalue weighted by atomic mass is 9.86. The van der Waals surface area contributed by atoms with Crippen molar-refractivity contribution in [2.24, 2.45) is 5.73 Å². The van der Waals surface area contributed by atoms with Crippen LogP contribution in [0.5, 0.6) is 5.75 Å². The molecular weight excluding hydrogens is 500 g/mol. The Kier molecular flexibility index (Phi) is 7.27. The number of nitrogens with two attached hydrogens (primary N) is 1. The highest BCUT2D eigenvalue weighted by Crippen LogP contribution is 2.36. The van der Waals surface area contributed by atoms with Crippen molar-refractivity contribution in [1.29, 1.82) is 0 Å². The summed E-state index contributed by atoms with van der Waals surface area (Å²) in [4.78, 5) is 33.9. The second-order valence-electron chi connectivity index (χ2n) is 9.64. The molecule has 4 aromatic rings. The predicted molar refractivity (Wildman–Crippen MR) is 143 cm³/mol. The number of aromatic hydroxyl groups is 1. The third-order valence-electron chi connectivity index (χ3n) is 6.86. The van der Waals surface area contributed by atoms with Gasteiger partial charge in [-0.25, -0.2) is 18.7 Å². The Hall–Kier alpha value is -4.72. The molecule has 1 atom stereocenters. The Bertz CT molecular complexity index is 1600. The monoisotopic (exact) mass is 525 g/mol. The van der Waals surface area contributed by atoms with Crippen molar-refractivity contribution in [2.75, 3.05) is 0 Å². The zero-order valence-electron chi connectivity index (χ0n) is 20.9. The lowest BCUT2D eigenvalue weighted by molar-refractivity contribution is -0.118. The van der Waals surface area contributed by atoms with Crippen LogP contribution in [0.15, 0.2) is 79.3 Å². The first-order valence-electron chi connectivity index (χ1n) is 12.4.